The second-order valence-electron chi connectivity index (χ2n) is 4.00. The van der Waals surface area contributed by atoms with Crippen molar-refractivity contribution in [3.05, 3.63) is 47.0 Å². The second kappa shape index (κ2) is 6.50. The molecule has 106 valence electrons. The lowest BCUT2D eigenvalue weighted by atomic mass is 10.2. The van der Waals surface area contributed by atoms with E-state index < -0.39 is 0 Å². The molecule has 0 heterocycles. The van der Waals surface area contributed by atoms with Crippen molar-refractivity contribution in [3.63, 3.8) is 0 Å². The van der Waals surface area contributed by atoms with Crippen molar-refractivity contribution in [2.75, 3.05) is 14.2 Å². The monoisotopic (exact) mass is 294 g/mol. The van der Waals surface area contributed by atoms with Crippen LogP contribution < -0.4 is 14.2 Å². The summed E-state index contributed by atoms with van der Waals surface area (Å²) in [6, 6.07) is 10.4. The van der Waals surface area contributed by atoms with E-state index in [-0.39, 0.29) is 6.61 Å². The van der Waals surface area contributed by atoms with Crippen molar-refractivity contribution in [2.45, 2.75) is 6.61 Å². The number of halogens is 1. The zero-order chi connectivity index (χ0) is 14.5. The lowest BCUT2D eigenvalue weighted by Crippen LogP contribution is -1.97. The van der Waals surface area contributed by atoms with Crippen molar-refractivity contribution in [1.82, 2.24) is 0 Å². The lowest BCUT2D eigenvalue weighted by Gasteiger charge is -2.15. The van der Waals surface area contributed by atoms with Crippen LogP contribution in [0.2, 0.25) is 5.02 Å². The molecule has 20 heavy (non-hydrogen) atoms. The van der Waals surface area contributed by atoms with Crippen LogP contribution in [0, 0.1) is 0 Å². The molecule has 1 N–H and O–H groups in total. The van der Waals surface area contributed by atoms with Crippen molar-refractivity contribution in [2.24, 2.45) is 0 Å². The van der Waals surface area contributed by atoms with Gasteiger partial charge in [0.05, 0.1) is 20.8 Å². The summed E-state index contributed by atoms with van der Waals surface area (Å²) in [5.74, 6) is 1.97. The van der Waals surface area contributed by atoms with Crippen LogP contribution in [-0.4, -0.2) is 19.3 Å². The second-order valence-corrected chi connectivity index (χ2v) is 4.44. The van der Waals surface area contributed by atoms with Gasteiger partial charge in [-0.05, 0) is 24.3 Å². The summed E-state index contributed by atoms with van der Waals surface area (Å²) >= 11 is 5.96. The van der Waals surface area contributed by atoms with E-state index in [1.807, 2.05) is 0 Å². The number of benzene rings is 2. The van der Waals surface area contributed by atoms with Crippen LogP contribution in [-0.2, 0) is 6.61 Å². The molecule has 0 saturated carbocycles. The first-order valence-electron chi connectivity index (χ1n) is 5.97. The molecule has 4 nitrogen and oxygen atoms in total. The van der Waals surface area contributed by atoms with E-state index in [4.69, 9.17) is 25.8 Å². The molecule has 5 heteroatoms. The molecule has 0 bridgehead atoms. The smallest absolute Gasteiger partial charge is 0.211 e. The Labute approximate surface area is 122 Å². The van der Waals surface area contributed by atoms with Gasteiger partial charge in [0.25, 0.3) is 0 Å². The molecule has 0 aliphatic heterocycles. The molecule has 0 amide bonds. The zero-order valence-electron chi connectivity index (χ0n) is 11.2. The first-order chi connectivity index (χ1) is 9.69. The van der Waals surface area contributed by atoms with Crippen LogP contribution in [0.4, 0.5) is 0 Å². The van der Waals surface area contributed by atoms with Gasteiger partial charge in [0.1, 0.15) is 5.75 Å². The van der Waals surface area contributed by atoms with Crippen LogP contribution in [0.3, 0.4) is 0 Å². The molecule has 0 spiro atoms. The summed E-state index contributed by atoms with van der Waals surface area (Å²) in [4.78, 5) is 0. The summed E-state index contributed by atoms with van der Waals surface area (Å²) in [5.41, 5.74) is 0.627. The highest BCUT2D eigenvalue weighted by Gasteiger charge is 2.14. The van der Waals surface area contributed by atoms with Gasteiger partial charge in [-0.3, -0.25) is 0 Å². The average molecular weight is 295 g/mol. The summed E-state index contributed by atoms with van der Waals surface area (Å²) in [6.07, 6.45) is 0. The highest BCUT2D eigenvalue weighted by atomic mass is 35.5. The average Bonchev–Trinajstić information content (AvgIpc) is 2.47. The third-order valence-corrected chi connectivity index (χ3v) is 3.03. The van der Waals surface area contributed by atoms with Gasteiger partial charge in [-0.25, -0.2) is 0 Å². The Hall–Kier alpha value is -1.91. The summed E-state index contributed by atoms with van der Waals surface area (Å²) in [6.45, 7) is -0.149. The number of ether oxygens (including phenoxy) is 3. The fraction of sp³-hybridized carbons (Fsp3) is 0.200. The largest absolute Gasteiger partial charge is 0.493 e. The molecule has 0 saturated heterocycles. The summed E-state index contributed by atoms with van der Waals surface area (Å²) in [5, 5.41) is 9.87. The Bertz CT molecular complexity index is 576. The van der Waals surface area contributed by atoms with Gasteiger partial charge in [0.2, 0.25) is 5.75 Å². The third kappa shape index (κ3) is 2.98. The lowest BCUT2D eigenvalue weighted by molar-refractivity contribution is 0.274. The predicted octanol–water partition coefficient (Wildman–Crippen LogP) is 3.64. The number of methoxy groups -OCH3 is 2. The van der Waals surface area contributed by atoms with Gasteiger partial charge >= 0.3 is 0 Å². The molecular weight excluding hydrogens is 280 g/mol. The number of rotatable bonds is 5. The molecule has 2 rings (SSSR count). The topological polar surface area (TPSA) is 47.9 Å². The highest BCUT2D eigenvalue weighted by molar-refractivity contribution is 6.30. The van der Waals surface area contributed by atoms with E-state index in [2.05, 4.69) is 0 Å². The minimum atomic E-state index is -0.149. The van der Waals surface area contributed by atoms with Gasteiger partial charge in [0, 0.05) is 10.6 Å². The Morgan fingerprint density at radius 1 is 1.00 bits per heavy atom. The van der Waals surface area contributed by atoms with Crippen molar-refractivity contribution < 1.29 is 19.3 Å². The molecule has 0 aliphatic rings. The summed E-state index contributed by atoms with van der Waals surface area (Å²) in [7, 11) is 3.10. The Morgan fingerprint density at radius 2 is 1.65 bits per heavy atom. The van der Waals surface area contributed by atoms with Crippen molar-refractivity contribution in [1.29, 1.82) is 0 Å². The maximum atomic E-state index is 9.35. The predicted molar refractivity (Wildman–Crippen MR) is 77.0 cm³/mol. The summed E-state index contributed by atoms with van der Waals surface area (Å²) < 4.78 is 16.4. The molecule has 0 radical (unpaired) electrons. The first-order valence-corrected chi connectivity index (χ1v) is 6.35. The standard InChI is InChI=1S/C15H15ClO4/c1-18-12-4-3-5-13(19-2)15(12)20-14-8-11(16)7-6-10(14)9-17/h3-8,17H,9H2,1-2H3. The molecular formula is C15H15ClO4. The van der Waals surface area contributed by atoms with Crippen molar-refractivity contribution in [3.8, 4) is 23.0 Å². The molecule has 0 unspecified atom stereocenters. The minimum absolute atomic E-state index is 0.149. The van der Waals surface area contributed by atoms with E-state index in [1.165, 1.54) is 0 Å². The number of aliphatic hydroxyl groups is 1. The Kier molecular flexibility index (Phi) is 4.71. The Morgan fingerprint density at radius 3 is 2.20 bits per heavy atom. The third-order valence-electron chi connectivity index (χ3n) is 2.79. The van der Waals surface area contributed by atoms with Crippen LogP contribution >= 0.6 is 11.6 Å². The minimum Gasteiger partial charge on any atom is -0.493 e. The number of hydrogen-bond acceptors (Lipinski definition) is 4. The van der Waals surface area contributed by atoms with Crippen LogP contribution in [0.1, 0.15) is 5.56 Å². The van der Waals surface area contributed by atoms with Gasteiger partial charge in [-0.1, -0.05) is 23.7 Å². The molecule has 0 fully saturated rings. The molecule has 0 aromatic heterocycles. The van der Waals surface area contributed by atoms with Gasteiger partial charge in [0.15, 0.2) is 11.5 Å². The maximum absolute atomic E-state index is 9.35. The normalized spacial score (nSPS) is 10.2. The van der Waals surface area contributed by atoms with Crippen molar-refractivity contribution >= 4 is 11.6 Å². The van der Waals surface area contributed by atoms with E-state index >= 15 is 0 Å². The molecule has 0 atom stereocenters. The van der Waals surface area contributed by atoms with Crippen LogP contribution in [0.5, 0.6) is 23.0 Å². The van der Waals surface area contributed by atoms with E-state index in [1.54, 1.807) is 50.6 Å². The highest BCUT2D eigenvalue weighted by Crippen LogP contribution is 2.41. The van der Waals surface area contributed by atoms with Crippen LogP contribution in [0.25, 0.3) is 0 Å². The molecule has 2 aromatic carbocycles. The number of para-hydroxylation sites is 1. The fourth-order valence-corrected chi connectivity index (χ4v) is 1.94. The molecule has 2 aromatic rings. The van der Waals surface area contributed by atoms with Gasteiger partial charge in [-0.2, -0.15) is 0 Å². The fourth-order valence-electron chi connectivity index (χ4n) is 1.78. The quantitative estimate of drug-likeness (QED) is 0.914. The Balaban J connectivity index is 2.46. The first kappa shape index (κ1) is 14.5. The van der Waals surface area contributed by atoms with E-state index in [0.29, 0.717) is 33.6 Å². The van der Waals surface area contributed by atoms with Crippen LogP contribution in [0.15, 0.2) is 36.4 Å². The number of aliphatic hydroxyl groups excluding tert-OH is 1. The SMILES string of the molecule is COc1cccc(OC)c1Oc1cc(Cl)ccc1CO. The molecule has 0 aliphatic carbocycles. The maximum Gasteiger partial charge on any atom is 0.211 e. The van der Waals surface area contributed by atoms with E-state index in [9.17, 15) is 5.11 Å². The number of hydrogen-bond donors (Lipinski definition) is 1. The van der Waals surface area contributed by atoms with Gasteiger partial charge < -0.3 is 19.3 Å². The van der Waals surface area contributed by atoms with E-state index in [0.717, 1.165) is 0 Å². The van der Waals surface area contributed by atoms with Gasteiger partial charge in [-0.15, -0.1) is 0 Å². The zero-order valence-corrected chi connectivity index (χ0v) is 12.0.